The Balaban J connectivity index is 1.70. The van der Waals surface area contributed by atoms with Gasteiger partial charge in [0.1, 0.15) is 22.4 Å². The molecule has 27 heavy (non-hydrogen) atoms. The average Bonchev–Trinajstić information content (AvgIpc) is 3.30. The van der Waals surface area contributed by atoms with E-state index in [0.29, 0.717) is 21.0 Å². The van der Waals surface area contributed by atoms with Gasteiger partial charge in [-0.15, -0.1) is 10.2 Å². The molecule has 0 aliphatic heterocycles. The standard InChI is InChI=1S/C18H13ClN4O2S2/c1-2-15-22-23-18(27-15)21-17(24)11(10-20)9-13-5-8-16(25-13)26-14-6-3-12(19)4-7-14/h3-9H,2H2,1H3,(H,21,23,24)/b11-9-. The molecule has 1 aromatic carbocycles. The molecule has 136 valence electrons. The fourth-order valence-electron chi connectivity index (χ4n) is 1.99. The smallest absolute Gasteiger partial charge is 0.268 e. The SMILES string of the molecule is CCc1nnc(NC(=O)/C(C#N)=C\c2ccc(Sc3ccc(Cl)cc3)o2)s1. The van der Waals surface area contributed by atoms with Crippen molar-refractivity contribution in [2.45, 2.75) is 23.3 Å². The van der Waals surface area contributed by atoms with E-state index in [-0.39, 0.29) is 5.57 Å². The molecule has 2 heterocycles. The Kier molecular flexibility index (Phi) is 6.29. The largest absolute Gasteiger partial charge is 0.450 e. The lowest BCUT2D eigenvalue weighted by Gasteiger charge is -1.99. The minimum Gasteiger partial charge on any atom is -0.450 e. The summed E-state index contributed by atoms with van der Waals surface area (Å²) in [5.41, 5.74) is -0.0827. The van der Waals surface area contributed by atoms with Crippen molar-refractivity contribution < 1.29 is 9.21 Å². The summed E-state index contributed by atoms with van der Waals surface area (Å²) in [6.07, 6.45) is 2.12. The molecule has 0 unspecified atom stereocenters. The van der Waals surface area contributed by atoms with Crippen LogP contribution in [0.25, 0.3) is 6.08 Å². The Bertz CT molecular complexity index is 1020. The van der Waals surface area contributed by atoms with Gasteiger partial charge >= 0.3 is 0 Å². The van der Waals surface area contributed by atoms with Gasteiger partial charge in [0, 0.05) is 16.0 Å². The average molecular weight is 417 g/mol. The number of aryl methyl sites for hydroxylation is 1. The Labute approximate surface area is 168 Å². The molecule has 0 radical (unpaired) electrons. The van der Waals surface area contributed by atoms with Crippen molar-refractivity contribution in [2.24, 2.45) is 0 Å². The van der Waals surface area contributed by atoms with Crippen molar-refractivity contribution in [1.29, 1.82) is 5.26 Å². The maximum Gasteiger partial charge on any atom is 0.268 e. The highest BCUT2D eigenvalue weighted by Gasteiger charge is 2.13. The predicted octanol–water partition coefficient (Wildman–Crippen LogP) is 5.04. The van der Waals surface area contributed by atoms with Gasteiger partial charge in [0.25, 0.3) is 5.91 Å². The highest BCUT2D eigenvalue weighted by Crippen LogP contribution is 2.30. The van der Waals surface area contributed by atoms with Crippen LogP contribution in [0, 0.1) is 11.3 Å². The molecule has 0 spiro atoms. The monoisotopic (exact) mass is 416 g/mol. The van der Waals surface area contributed by atoms with Gasteiger partial charge in [0.2, 0.25) is 5.13 Å². The highest BCUT2D eigenvalue weighted by atomic mass is 35.5. The maximum absolute atomic E-state index is 12.3. The second kappa shape index (κ2) is 8.86. The summed E-state index contributed by atoms with van der Waals surface area (Å²) in [6, 6.07) is 12.7. The third-order valence-electron chi connectivity index (χ3n) is 3.28. The highest BCUT2D eigenvalue weighted by molar-refractivity contribution is 7.99. The van der Waals surface area contributed by atoms with E-state index >= 15 is 0 Å². The van der Waals surface area contributed by atoms with Crippen molar-refractivity contribution in [3.05, 3.63) is 57.8 Å². The molecule has 0 aliphatic rings. The molecular weight excluding hydrogens is 404 g/mol. The molecular formula is C18H13ClN4O2S2. The van der Waals surface area contributed by atoms with Crippen molar-refractivity contribution >= 4 is 51.8 Å². The summed E-state index contributed by atoms with van der Waals surface area (Å²) in [5, 5.41) is 22.1. The molecule has 0 saturated carbocycles. The zero-order chi connectivity index (χ0) is 19.2. The number of carbonyl (C=O) groups is 1. The number of furan rings is 1. The predicted molar refractivity (Wildman–Crippen MR) is 106 cm³/mol. The molecule has 3 aromatic rings. The first-order chi connectivity index (χ1) is 13.1. The van der Waals surface area contributed by atoms with Gasteiger partial charge in [-0.25, -0.2) is 0 Å². The molecule has 0 atom stereocenters. The van der Waals surface area contributed by atoms with Crippen LogP contribution in [0.15, 0.2) is 56.4 Å². The van der Waals surface area contributed by atoms with Crippen LogP contribution in [0.5, 0.6) is 0 Å². The normalized spacial score (nSPS) is 11.2. The summed E-state index contributed by atoms with van der Waals surface area (Å²) in [7, 11) is 0. The zero-order valence-electron chi connectivity index (χ0n) is 14.1. The number of nitriles is 1. The topological polar surface area (TPSA) is 91.8 Å². The van der Waals surface area contributed by atoms with Crippen LogP contribution in [0.4, 0.5) is 5.13 Å². The Morgan fingerprint density at radius 1 is 1.33 bits per heavy atom. The number of nitrogens with one attached hydrogen (secondary N) is 1. The molecule has 0 saturated heterocycles. The number of aromatic nitrogens is 2. The van der Waals surface area contributed by atoms with E-state index in [4.69, 9.17) is 16.0 Å². The van der Waals surface area contributed by atoms with E-state index in [2.05, 4.69) is 15.5 Å². The lowest BCUT2D eigenvalue weighted by atomic mass is 10.2. The first kappa shape index (κ1) is 19.2. The van der Waals surface area contributed by atoms with Gasteiger partial charge in [-0.2, -0.15) is 5.26 Å². The Hall–Kier alpha value is -2.60. The van der Waals surface area contributed by atoms with E-state index in [1.165, 1.54) is 29.2 Å². The van der Waals surface area contributed by atoms with Gasteiger partial charge < -0.3 is 4.42 Å². The number of halogens is 1. The summed E-state index contributed by atoms with van der Waals surface area (Å²) in [4.78, 5) is 13.2. The van der Waals surface area contributed by atoms with E-state index in [9.17, 15) is 10.1 Å². The summed E-state index contributed by atoms with van der Waals surface area (Å²) >= 11 is 8.56. The summed E-state index contributed by atoms with van der Waals surface area (Å²) in [6.45, 7) is 1.95. The molecule has 0 fully saturated rings. The minimum absolute atomic E-state index is 0.0827. The van der Waals surface area contributed by atoms with Gasteiger partial charge in [-0.3, -0.25) is 10.1 Å². The third kappa shape index (κ3) is 5.20. The molecule has 0 aliphatic carbocycles. The second-order valence-corrected chi connectivity index (χ2v) is 7.77. The second-order valence-electron chi connectivity index (χ2n) is 5.19. The van der Waals surface area contributed by atoms with Crippen LogP contribution in [0.2, 0.25) is 5.02 Å². The van der Waals surface area contributed by atoms with Crippen molar-refractivity contribution in [3.63, 3.8) is 0 Å². The number of hydrogen-bond acceptors (Lipinski definition) is 7. The molecule has 3 rings (SSSR count). The number of hydrogen-bond donors (Lipinski definition) is 1. The van der Waals surface area contributed by atoms with Crippen molar-refractivity contribution in [1.82, 2.24) is 10.2 Å². The Morgan fingerprint density at radius 2 is 2.11 bits per heavy atom. The van der Waals surface area contributed by atoms with Crippen LogP contribution in [-0.2, 0) is 11.2 Å². The lowest BCUT2D eigenvalue weighted by molar-refractivity contribution is -0.112. The Morgan fingerprint density at radius 3 is 2.78 bits per heavy atom. The summed E-state index contributed by atoms with van der Waals surface area (Å²) in [5.74, 6) is -0.149. The number of amides is 1. The number of anilines is 1. The van der Waals surface area contributed by atoms with Crippen LogP contribution in [0.1, 0.15) is 17.7 Å². The van der Waals surface area contributed by atoms with Crippen LogP contribution >= 0.6 is 34.7 Å². The number of carbonyl (C=O) groups excluding carboxylic acids is 1. The molecule has 2 aromatic heterocycles. The van der Waals surface area contributed by atoms with Gasteiger partial charge in [-0.1, -0.05) is 41.6 Å². The van der Waals surface area contributed by atoms with Gasteiger partial charge in [0.05, 0.1) is 0 Å². The maximum atomic E-state index is 12.3. The quantitative estimate of drug-likeness (QED) is 0.446. The molecule has 1 amide bonds. The van der Waals surface area contributed by atoms with E-state index in [1.54, 1.807) is 24.3 Å². The zero-order valence-corrected chi connectivity index (χ0v) is 16.5. The summed E-state index contributed by atoms with van der Waals surface area (Å²) < 4.78 is 5.67. The third-order valence-corrected chi connectivity index (χ3v) is 5.44. The van der Waals surface area contributed by atoms with E-state index < -0.39 is 5.91 Å². The van der Waals surface area contributed by atoms with Gasteiger partial charge in [0.15, 0.2) is 5.09 Å². The van der Waals surface area contributed by atoms with Crippen molar-refractivity contribution in [3.8, 4) is 6.07 Å². The van der Waals surface area contributed by atoms with Gasteiger partial charge in [-0.05, 0) is 42.8 Å². The van der Waals surface area contributed by atoms with Crippen molar-refractivity contribution in [2.75, 3.05) is 5.32 Å². The van der Waals surface area contributed by atoms with Crippen LogP contribution in [-0.4, -0.2) is 16.1 Å². The fourth-order valence-corrected chi connectivity index (χ4v) is 3.57. The lowest BCUT2D eigenvalue weighted by Crippen LogP contribution is -2.13. The minimum atomic E-state index is -0.556. The fraction of sp³-hybridized carbons (Fsp3) is 0.111. The molecule has 9 heteroatoms. The number of rotatable bonds is 6. The van der Waals surface area contributed by atoms with Crippen LogP contribution in [0.3, 0.4) is 0 Å². The number of nitrogens with zero attached hydrogens (tertiary/aromatic N) is 3. The molecule has 6 nitrogen and oxygen atoms in total. The first-order valence-corrected chi connectivity index (χ1v) is 9.87. The molecule has 1 N–H and O–H groups in total. The first-order valence-electron chi connectivity index (χ1n) is 7.86. The van der Waals surface area contributed by atoms with E-state index in [0.717, 1.165) is 16.3 Å². The van der Waals surface area contributed by atoms with Crippen LogP contribution < -0.4 is 5.32 Å². The number of benzene rings is 1. The molecule has 0 bridgehead atoms. The van der Waals surface area contributed by atoms with E-state index in [1.807, 2.05) is 25.1 Å².